The van der Waals surface area contributed by atoms with Crippen LogP contribution in [0.3, 0.4) is 0 Å². The molecule has 1 heterocycles. The largest absolute Gasteiger partial charge is 0.389 e. The van der Waals surface area contributed by atoms with Crippen LogP contribution in [0.1, 0.15) is 24.0 Å². The highest BCUT2D eigenvalue weighted by molar-refractivity contribution is 5.22. The summed E-state index contributed by atoms with van der Waals surface area (Å²) in [6, 6.07) is 8.47. The maximum absolute atomic E-state index is 10.2. The molecule has 0 aliphatic carbocycles. The highest BCUT2D eigenvalue weighted by Gasteiger charge is 2.21. The molecule has 0 spiro atoms. The first-order chi connectivity index (χ1) is 11.2. The van der Waals surface area contributed by atoms with E-state index in [9.17, 15) is 5.11 Å². The van der Waals surface area contributed by atoms with Gasteiger partial charge in [0.25, 0.3) is 0 Å². The molecule has 23 heavy (non-hydrogen) atoms. The van der Waals surface area contributed by atoms with E-state index in [1.54, 1.807) is 0 Å². The van der Waals surface area contributed by atoms with Gasteiger partial charge < -0.3 is 14.6 Å². The number of hydrogen-bond donors (Lipinski definition) is 1. The van der Waals surface area contributed by atoms with Crippen LogP contribution in [0.4, 0.5) is 0 Å². The van der Waals surface area contributed by atoms with Crippen LogP contribution in [0.25, 0.3) is 0 Å². The molecule has 1 fully saturated rings. The van der Waals surface area contributed by atoms with Gasteiger partial charge >= 0.3 is 0 Å². The zero-order chi connectivity index (χ0) is 16.5. The first-order valence-electron chi connectivity index (χ1n) is 8.26. The molecule has 0 amide bonds. The Bertz CT molecular complexity index is 506. The third-order valence-corrected chi connectivity index (χ3v) is 3.94. The Balaban J connectivity index is 1.91. The number of aliphatic hydroxyl groups excluding tert-OH is 1. The fourth-order valence-electron chi connectivity index (χ4n) is 2.95. The summed E-state index contributed by atoms with van der Waals surface area (Å²) in [6.07, 6.45) is 7.09. The molecule has 0 unspecified atom stereocenters. The van der Waals surface area contributed by atoms with Gasteiger partial charge in [0.1, 0.15) is 6.61 Å². The van der Waals surface area contributed by atoms with Crippen LogP contribution in [0.2, 0.25) is 0 Å². The standard InChI is InChI=1S/C19H27NO3/c1-3-9-22-15-18(21)13-20(14-19-8-5-10-23-19)12-17-7-4-6-16(2)11-17/h1,4,6-7,11,18-19,21H,5,8-10,12-15H2,2H3/t18-,19+/m0/s1. The van der Waals surface area contributed by atoms with E-state index >= 15 is 0 Å². The fraction of sp³-hybridized carbons (Fsp3) is 0.579. The van der Waals surface area contributed by atoms with Gasteiger partial charge in [0.15, 0.2) is 0 Å². The Hall–Kier alpha value is -1.38. The Labute approximate surface area is 139 Å². The first-order valence-corrected chi connectivity index (χ1v) is 8.26. The van der Waals surface area contributed by atoms with Crippen molar-refractivity contribution in [3.63, 3.8) is 0 Å². The molecule has 0 bridgehead atoms. The molecule has 0 radical (unpaired) electrons. The smallest absolute Gasteiger partial charge is 0.107 e. The Kier molecular flexibility index (Phi) is 7.57. The minimum atomic E-state index is -0.547. The van der Waals surface area contributed by atoms with Crippen LogP contribution in [0.15, 0.2) is 24.3 Å². The summed E-state index contributed by atoms with van der Waals surface area (Å²) in [5.74, 6) is 2.41. The molecule has 126 valence electrons. The van der Waals surface area contributed by atoms with Gasteiger partial charge in [0.2, 0.25) is 0 Å². The minimum absolute atomic E-state index is 0.237. The van der Waals surface area contributed by atoms with Crippen LogP contribution in [0, 0.1) is 19.3 Å². The second kappa shape index (κ2) is 9.69. The lowest BCUT2D eigenvalue weighted by Gasteiger charge is -2.27. The lowest BCUT2D eigenvalue weighted by molar-refractivity contribution is 0.00955. The number of aliphatic hydroxyl groups is 1. The summed E-state index contributed by atoms with van der Waals surface area (Å²) >= 11 is 0. The maximum atomic E-state index is 10.2. The number of nitrogens with zero attached hydrogens (tertiary/aromatic N) is 1. The Morgan fingerprint density at radius 1 is 1.52 bits per heavy atom. The van der Waals surface area contributed by atoms with Crippen molar-refractivity contribution in [3.05, 3.63) is 35.4 Å². The lowest BCUT2D eigenvalue weighted by Crippen LogP contribution is -2.39. The lowest BCUT2D eigenvalue weighted by atomic mass is 10.1. The number of benzene rings is 1. The van der Waals surface area contributed by atoms with Crippen LogP contribution in [0.5, 0.6) is 0 Å². The molecule has 2 rings (SSSR count). The number of terminal acetylenes is 1. The Morgan fingerprint density at radius 3 is 3.09 bits per heavy atom. The number of ether oxygens (including phenoxy) is 2. The SMILES string of the molecule is C#CCOC[C@@H](O)CN(Cc1cccc(C)c1)C[C@H]1CCCO1. The summed E-state index contributed by atoms with van der Waals surface area (Å²) in [6.45, 7) is 5.63. The summed E-state index contributed by atoms with van der Waals surface area (Å²) in [5.41, 5.74) is 2.50. The third kappa shape index (κ3) is 6.72. The molecular weight excluding hydrogens is 290 g/mol. The van der Waals surface area contributed by atoms with Crippen molar-refractivity contribution >= 4 is 0 Å². The van der Waals surface area contributed by atoms with Crippen LogP contribution < -0.4 is 0 Å². The van der Waals surface area contributed by atoms with Crippen molar-refractivity contribution in [2.45, 2.75) is 38.5 Å². The first kappa shape index (κ1) is 18.0. The Morgan fingerprint density at radius 2 is 2.39 bits per heavy atom. The normalized spacial score (nSPS) is 19.0. The predicted molar refractivity (Wildman–Crippen MR) is 91.1 cm³/mol. The zero-order valence-electron chi connectivity index (χ0n) is 13.9. The van der Waals surface area contributed by atoms with Crippen LogP contribution in [-0.4, -0.2) is 55.1 Å². The van der Waals surface area contributed by atoms with Gasteiger partial charge in [-0.3, -0.25) is 4.90 Å². The van der Waals surface area contributed by atoms with Gasteiger partial charge in [-0.25, -0.2) is 0 Å². The highest BCUT2D eigenvalue weighted by Crippen LogP contribution is 2.16. The maximum Gasteiger partial charge on any atom is 0.107 e. The van der Waals surface area contributed by atoms with Gasteiger partial charge in [-0.05, 0) is 25.3 Å². The second-order valence-electron chi connectivity index (χ2n) is 6.19. The molecule has 1 aliphatic rings. The predicted octanol–water partition coefficient (Wildman–Crippen LogP) is 1.99. The average molecular weight is 317 g/mol. The van der Waals surface area contributed by atoms with E-state index < -0.39 is 6.10 Å². The van der Waals surface area contributed by atoms with Crippen molar-refractivity contribution in [1.29, 1.82) is 0 Å². The topological polar surface area (TPSA) is 41.9 Å². The van der Waals surface area contributed by atoms with E-state index in [0.717, 1.165) is 32.5 Å². The van der Waals surface area contributed by atoms with Gasteiger partial charge in [-0.1, -0.05) is 35.7 Å². The quantitative estimate of drug-likeness (QED) is 0.559. The molecule has 2 atom stereocenters. The molecule has 1 aromatic rings. The highest BCUT2D eigenvalue weighted by atomic mass is 16.5. The van der Waals surface area contributed by atoms with Gasteiger partial charge in [-0.2, -0.15) is 0 Å². The van der Waals surface area contributed by atoms with Crippen molar-refractivity contribution in [2.24, 2.45) is 0 Å². The van der Waals surface area contributed by atoms with E-state index in [1.807, 2.05) is 0 Å². The van der Waals surface area contributed by atoms with E-state index in [4.69, 9.17) is 15.9 Å². The number of rotatable bonds is 9. The van der Waals surface area contributed by atoms with E-state index in [2.05, 4.69) is 42.0 Å². The average Bonchev–Trinajstić information content (AvgIpc) is 3.00. The molecule has 1 saturated heterocycles. The fourth-order valence-corrected chi connectivity index (χ4v) is 2.95. The van der Waals surface area contributed by atoms with Gasteiger partial charge in [-0.15, -0.1) is 6.42 Å². The summed E-state index contributed by atoms with van der Waals surface area (Å²) in [4.78, 5) is 2.24. The third-order valence-electron chi connectivity index (χ3n) is 3.94. The minimum Gasteiger partial charge on any atom is -0.389 e. The molecule has 4 nitrogen and oxygen atoms in total. The van der Waals surface area contributed by atoms with Crippen molar-refractivity contribution in [3.8, 4) is 12.3 Å². The molecular formula is C19H27NO3. The summed E-state index contributed by atoms with van der Waals surface area (Å²) in [7, 11) is 0. The van der Waals surface area contributed by atoms with E-state index in [1.165, 1.54) is 11.1 Å². The van der Waals surface area contributed by atoms with Crippen molar-refractivity contribution < 1.29 is 14.6 Å². The summed E-state index contributed by atoms with van der Waals surface area (Å²) < 4.78 is 11.0. The molecule has 1 N–H and O–H groups in total. The van der Waals surface area contributed by atoms with Crippen molar-refractivity contribution in [2.75, 3.05) is 32.9 Å². The molecule has 1 aliphatic heterocycles. The molecule has 1 aromatic carbocycles. The number of aryl methyl sites for hydroxylation is 1. The van der Waals surface area contributed by atoms with Crippen molar-refractivity contribution in [1.82, 2.24) is 4.90 Å². The molecule has 4 heteroatoms. The second-order valence-corrected chi connectivity index (χ2v) is 6.19. The summed E-state index contributed by atoms with van der Waals surface area (Å²) in [5, 5.41) is 10.2. The zero-order valence-corrected chi connectivity index (χ0v) is 13.9. The van der Waals surface area contributed by atoms with Crippen LogP contribution in [-0.2, 0) is 16.0 Å². The number of hydrogen-bond acceptors (Lipinski definition) is 4. The van der Waals surface area contributed by atoms with Gasteiger partial charge in [0.05, 0.1) is 18.8 Å². The van der Waals surface area contributed by atoms with E-state index in [0.29, 0.717) is 6.54 Å². The molecule has 0 aromatic heterocycles. The van der Waals surface area contributed by atoms with Gasteiger partial charge in [0, 0.05) is 26.2 Å². The molecule has 0 saturated carbocycles. The van der Waals surface area contributed by atoms with Crippen LogP contribution >= 0.6 is 0 Å². The van der Waals surface area contributed by atoms with E-state index in [-0.39, 0.29) is 19.3 Å². The monoisotopic (exact) mass is 317 g/mol.